The summed E-state index contributed by atoms with van der Waals surface area (Å²) in [5, 5.41) is 2.89. The number of hydrogen-bond acceptors (Lipinski definition) is 6. The summed E-state index contributed by atoms with van der Waals surface area (Å²) < 4.78 is 50.8. The predicted octanol–water partition coefficient (Wildman–Crippen LogP) is 3.39. The van der Waals surface area contributed by atoms with Crippen LogP contribution in [0.15, 0.2) is 54.6 Å². The molecule has 0 aliphatic carbocycles. The number of nitrogens with one attached hydrogen (secondary N) is 1. The van der Waals surface area contributed by atoms with Crippen molar-refractivity contribution in [2.75, 3.05) is 19.8 Å². The number of carbonyl (C=O) groups excluding carboxylic acids is 2. The molecular formula is C21H22F3NO5. The summed E-state index contributed by atoms with van der Waals surface area (Å²) in [5.74, 6) is -3.06. The van der Waals surface area contributed by atoms with Crippen molar-refractivity contribution in [3.05, 3.63) is 65.7 Å². The van der Waals surface area contributed by atoms with Crippen molar-refractivity contribution >= 4 is 11.9 Å². The molecule has 0 heterocycles. The van der Waals surface area contributed by atoms with Crippen molar-refractivity contribution in [3.8, 4) is 5.75 Å². The average molecular weight is 425 g/mol. The zero-order valence-electron chi connectivity index (χ0n) is 16.1. The summed E-state index contributed by atoms with van der Waals surface area (Å²) in [4.78, 5) is 21.7. The quantitative estimate of drug-likeness (QED) is 0.338. The number of ether oxygens (including phenoxy) is 3. The van der Waals surface area contributed by atoms with Crippen molar-refractivity contribution in [2.24, 2.45) is 0 Å². The van der Waals surface area contributed by atoms with E-state index in [0.29, 0.717) is 32.1 Å². The monoisotopic (exact) mass is 425 g/mol. The van der Waals surface area contributed by atoms with Crippen molar-refractivity contribution in [1.82, 2.24) is 5.32 Å². The van der Waals surface area contributed by atoms with Gasteiger partial charge in [0.15, 0.2) is 0 Å². The predicted molar refractivity (Wildman–Crippen MR) is 102 cm³/mol. The third kappa shape index (κ3) is 9.06. The molecule has 2 aromatic rings. The summed E-state index contributed by atoms with van der Waals surface area (Å²) in [5.41, 5.74) is 1.98. The zero-order valence-corrected chi connectivity index (χ0v) is 16.1. The molecule has 162 valence electrons. The van der Waals surface area contributed by atoms with E-state index in [0.717, 1.165) is 11.1 Å². The van der Waals surface area contributed by atoms with Gasteiger partial charge in [-0.15, -0.1) is 0 Å². The molecule has 0 aliphatic heterocycles. The maximum Gasteiger partial charge on any atom is 0.491 e. The molecule has 0 bridgehead atoms. The van der Waals surface area contributed by atoms with E-state index in [1.807, 2.05) is 42.5 Å². The van der Waals surface area contributed by atoms with Crippen molar-refractivity contribution in [2.45, 2.75) is 25.7 Å². The van der Waals surface area contributed by atoms with E-state index in [-0.39, 0.29) is 13.0 Å². The smallest absolute Gasteiger partial charge is 0.491 e. The lowest BCUT2D eigenvalue weighted by Gasteiger charge is -2.09. The second-order valence-corrected chi connectivity index (χ2v) is 6.22. The summed E-state index contributed by atoms with van der Waals surface area (Å²) in [7, 11) is 0. The van der Waals surface area contributed by atoms with E-state index in [2.05, 4.69) is 10.1 Å². The molecule has 2 aromatic carbocycles. The highest BCUT2D eigenvalue weighted by molar-refractivity contribution is 5.88. The largest absolute Gasteiger partial charge is 0.491 e. The molecule has 30 heavy (non-hydrogen) atoms. The molecule has 2 rings (SSSR count). The zero-order chi connectivity index (χ0) is 21.8. The molecule has 9 heteroatoms. The van der Waals surface area contributed by atoms with Crippen LogP contribution in [0.5, 0.6) is 5.75 Å². The first-order valence-corrected chi connectivity index (χ1v) is 9.20. The Kier molecular flexibility index (Phi) is 9.30. The lowest BCUT2D eigenvalue weighted by Crippen LogP contribution is -2.29. The number of rotatable bonds is 11. The topological polar surface area (TPSA) is 73.9 Å². The van der Waals surface area contributed by atoms with E-state index in [9.17, 15) is 22.8 Å². The van der Waals surface area contributed by atoms with Gasteiger partial charge in [0.05, 0.1) is 19.6 Å². The van der Waals surface area contributed by atoms with Crippen LogP contribution in [0.3, 0.4) is 0 Å². The third-order valence-corrected chi connectivity index (χ3v) is 3.80. The Morgan fingerprint density at radius 1 is 0.900 bits per heavy atom. The van der Waals surface area contributed by atoms with Gasteiger partial charge in [-0.2, -0.15) is 13.2 Å². The number of esters is 2. The van der Waals surface area contributed by atoms with Crippen LogP contribution in [0.1, 0.15) is 17.5 Å². The first-order chi connectivity index (χ1) is 14.3. The highest BCUT2D eigenvalue weighted by Gasteiger charge is 2.42. The summed E-state index contributed by atoms with van der Waals surface area (Å²) in [6, 6.07) is 17.0. The second kappa shape index (κ2) is 11.9. The maximum absolute atomic E-state index is 12.0. The van der Waals surface area contributed by atoms with Gasteiger partial charge >= 0.3 is 18.1 Å². The number of carbonyl (C=O) groups is 2. The van der Waals surface area contributed by atoms with E-state index < -0.39 is 18.1 Å². The van der Waals surface area contributed by atoms with Crippen LogP contribution in [0.4, 0.5) is 13.2 Å². The Labute approximate surface area is 171 Å². The molecular weight excluding hydrogens is 403 g/mol. The van der Waals surface area contributed by atoms with E-state index >= 15 is 0 Å². The first kappa shape index (κ1) is 23.4. The van der Waals surface area contributed by atoms with Crippen LogP contribution >= 0.6 is 0 Å². The molecule has 0 aliphatic rings. The maximum atomic E-state index is 12.0. The van der Waals surface area contributed by atoms with Gasteiger partial charge in [-0.25, -0.2) is 4.79 Å². The van der Waals surface area contributed by atoms with Gasteiger partial charge < -0.3 is 19.5 Å². The van der Waals surface area contributed by atoms with Crippen LogP contribution < -0.4 is 10.1 Å². The SMILES string of the molecule is O=C(CCNCc1ccc(OCCOCc2ccccc2)cc1)OC(=O)C(F)(F)F. The van der Waals surface area contributed by atoms with Crippen LogP contribution in [0, 0.1) is 0 Å². The Balaban J connectivity index is 1.57. The fourth-order valence-corrected chi connectivity index (χ4v) is 2.32. The Morgan fingerprint density at radius 2 is 1.60 bits per heavy atom. The first-order valence-electron chi connectivity index (χ1n) is 9.20. The van der Waals surface area contributed by atoms with Gasteiger partial charge in [-0.3, -0.25) is 4.79 Å². The number of alkyl halides is 3. The summed E-state index contributed by atoms with van der Waals surface area (Å²) >= 11 is 0. The molecule has 0 fully saturated rings. The molecule has 0 radical (unpaired) electrons. The second-order valence-electron chi connectivity index (χ2n) is 6.22. The van der Waals surface area contributed by atoms with Crippen LogP contribution in [-0.4, -0.2) is 37.9 Å². The van der Waals surface area contributed by atoms with Crippen LogP contribution in [0.25, 0.3) is 0 Å². The minimum Gasteiger partial charge on any atom is -0.491 e. The van der Waals surface area contributed by atoms with E-state index in [1.165, 1.54) is 0 Å². The van der Waals surface area contributed by atoms with Crippen molar-refractivity contribution in [1.29, 1.82) is 0 Å². The molecule has 0 saturated carbocycles. The Morgan fingerprint density at radius 3 is 2.27 bits per heavy atom. The molecule has 0 aromatic heterocycles. The molecule has 6 nitrogen and oxygen atoms in total. The van der Waals surface area contributed by atoms with Crippen molar-refractivity contribution < 1.29 is 37.0 Å². The molecule has 0 atom stereocenters. The Hall–Kier alpha value is -2.91. The number of benzene rings is 2. The highest BCUT2D eigenvalue weighted by atomic mass is 19.4. The van der Waals surface area contributed by atoms with Gasteiger partial charge in [0.2, 0.25) is 0 Å². The third-order valence-electron chi connectivity index (χ3n) is 3.80. The number of hydrogen-bond donors (Lipinski definition) is 1. The van der Waals surface area contributed by atoms with Gasteiger partial charge in [0.1, 0.15) is 12.4 Å². The molecule has 0 amide bonds. The molecule has 0 spiro atoms. The fraction of sp³-hybridized carbons (Fsp3) is 0.333. The molecule has 1 N–H and O–H groups in total. The standard InChI is InChI=1S/C21H22F3NO5/c22-21(23,24)20(27)30-19(26)10-11-25-14-16-6-8-18(9-7-16)29-13-12-28-15-17-4-2-1-3-5-17/h1-9,25H,10-15H2. The van der Waals surface area contributed by atoms with Crippen LogP contribution in [0.2, 0.25) is 0 Å². The van der Waals surface area contributed by atoms with Crippen LogP contribution in [-0.2, 0) is 32.2 Å². The van der Waals surface area contributed by atoms with E-state index in [4.69, 9.17) is 9.47 Å². The lowest BCUT2D eigenvalue weighted by atomic mass is 10.2. The van der Waals surface area contributed by atoms with Gasteiger partial charge in [0.25, 0.3) is 0 Å². The number of halogens is 3. The minimum absolute atomic E-state index is 0.0704. The normalized spacial score (nSPS) is 11.2. The van der Waals surface area contributed by atoms with Gasteiger partial charge in [-0.1, -0.05) is 42.5 Å². The molecule has 0 unspecified atom stereocenters. The Bertz CT molecular complexity index is 795. The average Bonchev–Trinajstić information content (AvgIpc) is 2.72. The van der Waals surface area contributed by atoms with E-state index in [1.54, 1.807) is 12.1 Å². The summed E-state index contributed by atoms with van der Waals surface area (Å²) in [6.07, 6.45) is -5.53. The lowest BCUT2D eigenvalue weighted by molar-refractivity contribution is -0.201. The fourth-order valence-electron chi connectivity index (χ4n) is 2.32. The minimum atomic E-state index is -5.18. The summed E-state index contributed by atoms with van der Waals surface area (Å²) in [6.45, 7) is 1.84. The molecule has 0 saturated heterocycles. The highest BCUT2D eigenvalue weighted by Crippen LogP contribution is 2.16. The van der Waals surface area contributed by atoms with Gasteiger partial charge in [0, 0.05) is 13.1 Å². The van der Waals surface area contributed by atoms with Crippen molar-refractivity contribution in [3.63, 3.8) is 0 Å². The van der Waals surface area contributed by atoms with Gasteiger partial charge in [-0.05, 0) is 23.3 Å².